The fourth-order valence-corrected chi connectivity index (χ4v) is 5.39. The minimum atomic E-state index is -4.34. The molecule has 0 fully saturated rings. The number of nitrogen functional groups attached to an aromatic ring is 1. The van der Waals surface area contributed by atoms with Crippen LogP contribution in [0.1, 0.15) is 5.56 Å². The third-order valence-corrected chi connectivity index (χ3v) is 7.08. The summed E-state index contributed by atoms with van der Waals surface area (Å²) in [6, 6.07) is 6.86. The molecular formula is C21H17Cl2FN6O3S. The largest absolute Gasteiger partial charge is 0.399 e. The summed E-state index contributed by atoms with van der Waals surface area (Å²) in [4.78, 5) is 12.4. The number of nitrogens with zero attached hydrogens (tertiary/aromatic N) is 4. The molecule has 0 aliphatic heterocycles. The average molecular weight is 523 g/mol. The first-order valence-corrected chi connectivity index (χ1v) is 11.8. The molecule has 2 aromatic carbocycles. The highest BCUT2D eigenvalue weighted by molar-refractivity contribution is 7.92. The van der Waals surface area contributed by atoms with Crippen molar-refractivity contribution in [2.24, 2.45) is 12.2 Å². The molecule has 0 unspecified atom stereocenters. The maximum absolute atomic E-state index is 15.6. The molecule has 0 aliphatic carbocycles. The molecule has 13 heteroatoms. The highest BCUT2D eigenvalue weighted by atomic mass is 35.5. The van der Waals surface area contributed by atoms with E-state index in [4.69, 9.17) is 28.9 Å². The zero-order valence-corrected chi connectivity index (χ0v) is 20.1. The molecule has 9 nitrogen and oxygen atoms in total. The molecule has 0 radical (unpaired) electrons. The summed E-state index contributed by atoms with van der Waals surface area (Å²) in [5, 5.41) is 3.95. The number of fused-ring (bicyclic) bond motifs is 1. The first kappa shape index (κ1) is 23.7. The van der Waals surface area contributed by atoms with Gasteiger partial charge in [-0.3, -0.25) is 4.72 Å². The van der Waals surface area contributed by atoms with Crippen LogP contribution in [0.5, 0.6) is 0 Å². The zero-order valence-electron chi connectivity index (χ0n) is 17.8. The first-order valence-electron chi connectivity index (χ1n) is 9.56. The van der Waals surface area contributed by atoms with Gasteiger partial charge in [0.25, 0.3) is 10.0 Å². The summed E-state index contributed by atoms with van der Waals surface area (Å²) in [5.41, 5.74) is 6.94. The number of anilines is 2. The fraction of sp³-hybridized carbons (Fsp3) is 0.0952. The monoisotopic (exact) mass is 522 g/mol. The summed E-state index contributed by atoms with van der Waals surface area (Å²) in [6.45, 7) is 0. The lowest BCUT2D eigenvalue weighted by Crippen LogP contribution is -2.15. The minimum Gasteiger partial charge on any atom is -0.399 e. The van der Waals surface area contributed by atoms with Gasteiger partial charge in [0.2, 0.25) is 0 Å². The molecule has 3 N–H and O–H groups in total. The summed E-state index contributed by atoms with van der Waals surface area (Å²) < 4.78 is 45.8. The van der Waals surface area contributed by atoms with E-state index in [0.29, 0.717) is 16.6 Å². The number of nitrogens with one attached hydrogen (secondary N) is 1. The number of halogens is 3. The van der Waals surface area contributed by atoms with Gasteiger partial charge in [0, 0.05) is 35.0 Å². The van der Waals surface area contributed by atoms with Crippen LogP contribution in [0.4, 0.5) is 15.9 Å². The van der Waals surface area contributed by atoms with Crippen molar-refractivity contribution < 1.29 is 17.6 Å². The summed E-state index contributed by atoms with van der Waals surface area (Å²) in [5.74, 6) is -0.650. The number of benzene rings is 2. The van der Waals surface area contributed by atoms with Crippen LogP contribution in [0.3, 0.4) is 0 Å². The molecule has 34 heavy (non-hydrogen) atoms. The van der Waals surface area contributed by atoms with E-state index in [2.05, 4.69) is 24.7 Å². The Balaban J connectivity index is 1.80. The van der Waals surface area contributed by atoms with Crippen LogP contribution in [0.2, 0.25) is 10.0 Å². The summed E-state index contributed by atoms with van der Waals surface area (Å²) in [7, 11) is -1.29. The molecule has 4 rings (SSSR count). The number of sulfonamides is 1. The van der Waals surface area contributed by atoms with Gasteiger partial charge in [-0.2, -0.15) is 0 Å². The lowest BCUT2D eigenvalue weighted by molar-refractivity contribution is 0.215. The first-order chi connectivity index (χ1) is 16.1. The van der Waals surface area contributed by atoms with Gasteiger partial charge >= 0.3 is 0 Å². The average Bonchev–Trinajstić information content (AvgIpc) is 3.13. The molecule has 0 aliphatic rings. The SMILES string of the molecule is CO/N=C\c1cc(Cl)cc(S(=O)(=O)Nc2cccc(-c3cn(C)c4ncnc(N)c34)c2F)c1Cl. The lowest BCUT2D eigenvalue weighted by Gasteiger charge is -2.13. The van der Waals surface area contributed by atoms with Crippen LogP contribution in [0.15, 0.2) is 52.9 Å². The van der Waals surface area contributed by atoms with Gasteiger partial charge in [0.1, 0.15) is 29.8 Å². The molecule has 0 amide bonds. The lowest BCUT2D eigenvalue weighted by atomic mass is 10.0. The quantitative estimate of drug-likeness (QED) is 0.284. The molecule has 0 atom stereocenters. The van der Waals surface area contributed by atoms with E-state index >= 15 is 4.39 Å². The maximum Gasteiger partial charge on any atom is 0.263 e. The second kappa shape index (κ2) is 9.09. The second-order valence-corrected chi connectivity index (χ2v) is 9.57. The van der Waals surface area contributed by atoms with Crippen LogP contribution in [-0.4, -0.2) is 36.3 Å². The number of aryl methyl sites for hydroxylation is 1. The Morgan fingerprint density at radius 1 is 1.24 bits per heavy atom. The predicted octanol–water partition coefficient (Wildman–Crippen LogP) is 4.44. The van der Waals surface area contributed by atoms with Crippen molar-refractivity contribution in [2.75, 3.05) is 17.6 Å². The summed E-state index contributed by atoms with van der Waals surface area (Å²) in [6.07, 6.45) is 4.16. The highest BCUT2D eigenvalue weighted by Crippen LogP contribution is 2.37. The maximum atomic E-state index is 15.6. The second-order valence-electron chi connectivity index (χ2n) is 7.11. The van der Waals surface area contributed by atoms with Gasteiger partial charge in [-0.15, -0.1) is 0 Å². The number of hydrogen-bond donors (Lipinski definition) is 2. The van der Waals surface area contributed by atoms with Crippen molar-refractivity contribution in [3.63, 3.8) is 0 Å². The summed E-state index contributed by atoms with van der Waals surface area (Å²) >= 11 is 12.3. The number of rotatable bonds is 6. The topological polar surface area (TPSA) is 124 Å². The fourth-order valence-electron chi connectivity index (χ4n) is 3.44. The van der Waals surface area contributed by atoms with E-state index in [0.717, 1.165) is 6.07 Å². The molecule has 0 spiro atoms. The normalized spacial score (nSPS) is 11.9. The van der Waals surface area contributed by atoms with Gasteiger partial charge in [-0.1, -0.05) is 40.5 Å². The Morgan fingerprint density at radius 3 is 2.74 bits per heavy atom. The van der Waals surface area contributed by atoms with E-state index < -0.39 is 15.8 Å². The Morgan fingerprint density at radius 2 is 2.00 bits per heavy atom. The Hall–Kier alpha value is -3.41. The van der Waals surface area contributed by atoms with Gasteiger partial charge in [0.05, 0.1) is 22.3 Å². The molecule has 0 saturated heterocycles. The zero-order chi connectivity index (χ0) is 24.6. The van der Waals surface area contributed by atoms with Crippen molar-refractivity contribution in [3.05, 3.63) is 64.3 Å². The van der Waals surface area contributed by atoms with E-state index in [-0.39, 0.29) is 37.6 Å². The molecule has 2 heterocycles. The standard InChI is InChI=1S/C21H17Cl2FN6O3S/c1-30-9-14(17-20(25)26-10-27-21(17)30)13-4-3-5-15(19(13)24)29-34(31,32)16-7-12(22)6-11(18(16)23)8-28-33-2/h3-10,29H,1-2H3,(H2,25,26,27)/b28-8-. The molecule has 0 bridgehead atoms. The number of oxime groups is 1. The number of nitrogens with two attached hydrogens (primary N) is 1. The molecule has 0 saturated carbocycles. The van der Waals surface area contributed by atoms with Crippen LogP contribution in [0.25, 0.3) is 22.2 Å². The van der Waals surface area contributed by atoms with Gasteiger partial charge < -0.3 is 15.1 Å². The van der Waals surface area contributed by atoms with Gasteiger partial charge in [0.15, 0.2) is 5.82 Å². The van der Waals surface area contributed by atoms with Crippen LogP contribution < -0.4 is 10.5 Å². The van der Waals surface area contributed by atoms with Crippen LogP contribution in [-0.2, 0) is 21.9 Å². The van der Waals surface area contributed by atoms with Crippen molar-refractivity contribution >= 4 is 62.0 Å². The van der Waals surface area contributed by atoms with E-state index in [1.807, 2.05) is 0 Å². The molecule has 4 aromatic rings. The van der Waals surface area contributed by atoms with Crippen LogP contribution >= 0.6 is 23.2 Å². The smallest absolute Gasteiger partial charge is 0.263 e. The van der Waals surface area contributed by atoms with E-state index in [1.54, 1.807) is 17.8 Å². The highest BCUT2D eigenvalue weighted by Gasteiger charge is 2.24. The molecule has 176 valence electrons. The Kier molecular flexibility index (Phi) is 6.34. The Labute approximate surface area is 204 Å². The van der Waals surface area contributed by atoms with Gasteiger partial charge in [-0.05, 0) is 18.2 Å². The minimum absolute atomic E-state index is 0.0859. The molecular weight excluding hydrogens is 506 g/mol. The van der Waals surface area contributed by atoms with Gasteiger partial charge in [-0.25, -0.2) is 22.8 Å². The number of hydrogen-bond acceptors (Lipinski definition) is 7. The van der Waals surface area contributed by atoms with E-state index in [1.165, 1.54) is 43.9 Å². The predicted molar refractivity (Wildman–Crippen MR) is 130 cm³/mol. The molecule has 2 aromatic heterocycles. The number of aromatic nitrogens is 3. The van der Waals surface area contributed by atoms with Crippen molar-refractivity contribution in [1.29, 1.82) is 0 Å². The van der Waals surface area contributed by atoms with Crippen molar-refractivity contribution in [2.45, 2.75) is 4.90 Å². The third-order valence-electron chi connectivity index (χ3n) is 4.93. The van der Waals surface area contributed by atoms with E-state index in [9.17, 15) is 8.42 Å². The van der Waals surface area contributed by atoms with Crippen LogP contribution in [0, 0.1) is 5.82 Å². The van der Waals surface area contributed by atoms with Crippen molar-refractivity contribution in [1.82, 2.24) is 14.5 Å². The van der Waals surface area contributed by atoms with Crippen molar-refractivity contribution in [3.8, 4) is 11.1 Å². The Bertz CT molecular complexity index is 1560. The third kappa shape index (κ3) is 4.25.